The van der Waals surface area contributed by atoms with Gasteiger partial charge >= 0.3 is 5.69 Å². The highest BCUT2D eigenvalue weighted by atomic mass is 16.3. The Hall–Kier alpha value is -3.82. The van der Waals surface area contributed by atoms with E-state index in [1.807, 2.05) is 42.0 Å². The molecule has 3 rings (SSSR count). The lowest BCUT2D eigenvalue weighted by Gasteiger charge is -2.03. The minimum absolute atomic E-state index is 0.119. The van der Waals surface area contributed by atoms with Crippen LogP contribution in [-0.2, 0) is 0 Å². The molecule has 0 radical (unpaired) electrons. The summed E-state index contributed by atoms with van der Waals surface area (Å²) in [5, 5.41) is 10.5. The Morgan fingerprint density at radius 3 is 2.73 bits per heavy atom. The second-order valence-corrected chi connectivity index (χ2v) is 5.53. The Labute approximate surface area is 146 Å². The number of aromatic nitrogens is 4. The van der Waals surface area contributed by atoms with E-state index in [0.29, 0.717) is 5.52 Å². The molecule has 2 heterocycles. The van der Waals surface area contributed by atoms with E-state index in [2.05, 4.69) is 20.0 Å². The van der Waals surface area contributed by atoms with Crippen molar-refractivity contribution in [3.8, 4) is 5.88 Å². The lowest BCUT2D eigenvalue weighted by molar-refractivity contribution is 0.447. The summed E-state index contributed by atoms with van der Waals surface area (Å²) in [5.41, 5.74) is 6.36. The first-order valence-electron chi connectivity index (χ1n) is 7.52. The zero-order chi connectivity index (χ0) is 18.8. The third kappa shape index (κ3) is 3.48. The molecule has 10 nitrogen and oxygen atoms in total. The molecular weight excluding hydrogens is 338 g/mol. The summed E-state index contributed by atoms with van der Waals surface area (Å²) in [6.07, 6.45) is 0.986. The van der Waals surface area contributed by atoms with Gasteiger partial charge in [0.25, 0.3) is 11.5 Å². The number of aliphatic imine (C=N–C) groups is 2. The minimum Gasteiger partial charge on any atom is -0.494 e. The summed E-state index contributed by atoms with van der Waals surface area (Å²) < 4.78 is 0. The quantitative estimate of drug-likeness (QED) is 0.385. The first kappa shape index (κ1) is 17.0. The Morgan fingerprint density at radius 2 is 2.00 bits per heavy atom. The number of hydrogen-bond donors (Lipinski definition) is 4. The van der Waals surface area contributed by atoms with Crippen LogP contribution in [0.2, 0.25) is 0 Å². The highest BCUT2D eigenvalue weighted by molar-refractivity contribution is 5.94. The van der Waals surface area contributed by atoms with E-state index >= 15 is 0 Å². The number of aromatic amines is 2. The molecule has 132 valence electrons. The van der Waals surface area contributed by atoms with Gasteiger partial charge in [0.05, 0.1) is 11.2 Å². The highest BCUT2D eigenvalue weighted by Crippen LogP contribution is 2.19. The lowest BCUT2D eigenvalue weighted by atomic mass is 10.1. The second-order valence-electron chi connectivity index (χ2n) is 5.53. The number of nitrogens with one attached hydrogen (secondary N) is 2. The SMILES string of the molecule is Cc1ccc2nc(N=C(N)N=Cc3c(O)[nH]c(=O)[nH]c3=O)nc(C)c2c1. The first-order valence-corrected chi connectivity index (χ1v) is 7.52. The van der Waals surface area contributed by atoms with Crippen LogP contribution in [-0.4, -0.2) is 37.2 Å². The molecule has 3 aromatic rings. The van der Waals surface area contributed by atoms with Gasteiger partial charge in [0, 0.05) is 11.6 Å². The Bertz CT molecular complexity index is 1170. The standard InChI is InChI=1S/C16H15N7O3/c1-7-3-4-11-9(5-7)8(2)19-15(20-11)23-14(17)18-6-10-12(24)21-16(26)22-13(10)25/h3-6H,1-2H3,(H2,17,19,20,23)(H3,21,22,24,25,26). The molecule has 0 amide bonds. The molecule has 0 aliphatic carbocycles. The molecule has 26 heavy (non-hydrogen) atoms. The molecule has 1 aromatic carbocycles. The van der Waals surface area contributed by atoms with Gasteiger partial charge < -0.3 is 10.8 Å². The summed E-state index contributed by atoms with van der Waals surface area (Å²) in [5.74, 6) is -0.725. The van der Waals surface area contributed by atoms with Crippen molar-refractivity contribution in [3.63, 3.8) is 0 Å². The van der Waals surface area contributed by atoms with E-state index in [-0.39, 0.29) is 17.5 Å². The maximum atomic E-state index is 11.6. The van der Waals surface area contributed by atoms with E-state index in [1.54, 1.807) is 0 Å². The van der Waals surface area contributed by atoms with Gasteiger partial charge in [-0.25, -0.2) is 19.8 Å². The number of fused-ring (bicyclic) bond motifs is 1. The normalized spacial score (nSPS) is 12.2. The summed E-state index contributed by atoms with van der Waals surface area (Å²) in [4.78, 5) is 43.0. The topological polar surface area (TPSA) is 162 Å². The van der Waals surface area contributed by atoms with Gasteiger partial charge in [0.15, 0.2) is 0 Å². The predicted octanol–water partition coefficient (Wildman–Crippen LogP) is 0.394. The van der Waals surface area contributed by atoms with Crippen molar-refractivity contribution >= 4 is 29.0 Å². The molecule has 0 aliphatic heterocycles. The number of nitrogens with zero attached hydrogens (tertiary/aromatic N) is 4. The number of nitrogens with two attached hydrogens (primary N) is 1. The maximum absolute atomic E-state index is 11.6. The zero-order valence-corrected chi connectivity index (χ0v) is 13.9. The Balaban J connectivity index is 1.95. The lowest BCUT2D eigenvalue weighted by Crippen LogP contribution is -2.25. The van der Waals surface area contributed by atoms with Crippen LogP contribution in [0.3, 0.4) is 0 Å². The van der Waals surface area contributed by atoms with Gasteiger partial charge in [-0.05, 0) is 26.0 Å². The van der Waals surface area contributed by atoms with E-state index in [0.717, 1.165) is 22.9 Å². The van der Waals surface area contributed by atoms with Gasteiger partial charge in [-0.2, -0.15) is 4.99 Å². The summed E-state index contributed by atoms with van der Waals surface area (Å²) in [7, 11) is 0. The molecule has 0 bridgehead atoms. The minimum atomic E-state index is -0.832. The van der Waals surface area contributed by atoms with Crippen molar-refractivity contribution in [2.45, 2.75) is 13.8 Å². The average molecular weight is 353 g/mol. The Kier molecular flexibility index (Phi) is 4.31. The van der Waals surface area contributed by atoms with Crippen molar-refractivity contribution in [2.75, 3.05) is 0 Å². The van der Waals surface area contributed by atoms with Crippen molar-refractivity contribution in [1.82, 2.24) is 19.9 Å². The van der Waals surface area contributed by atoms with Crippen LogP contribution in [0.1, 0.15) is 16.8 Å². The van der Waals surface area contributed by atoms with Crippen LogP contribution in [0.5, 0.6) is 5.88 Å². The number of aryl methyl sites for hydroxylation is 2. The molecule has 0 atom stereocenters. The van der Waals surface area contributed by atoms with Gasteiger partial charge in [-0.3, -0.25) is 14.8 Å². The van der Waals surface area contributed by atoms with Gasteiger partial charge in [-0.15, -0.1) is 0 Å². The fourth-order valence-electron chi connectivity index (χ4n) is 2.30. The molecule has 0 aliphatic rings. The van der Waals surface area contributed by atoms with Crippen LogP contribution < -0.4 is 17.0 Å². The van der Waals surface area contributed by atoms with Gasteiger partial charge in [0.1, 0.15) is 5.56 Å². The van der Waals surface area contributed by atoms with Gasteiger partial charge in [-0.1, -0.05) is 11.6 Å². The van der Waals surface area contributed by atoms with Crippen LogP contribution in [0.4, 0.5) is 5.95 Å². The monoisotopic (exact) mass is 353 g/mol. The summed E-state index contributed by atoms with van der Waals surface area (Å²) in [6.45, 7) is 3.81. The molecule has 5 N–H and O–H groups in total. The fourth-order valence-corrected chi connectivity index (χ4v) is 2.30. The third-order valence-corrected chi connectivity index (χ3v) is 3.53. The van der Waals surface area contributed by atoms with Crippen molar-refractivity contribution in [3.05, 3.63) is 55.9 Å². The second kappa shape index (κ2) is 6.59. The van der Waals surface area contributed by atoms with E-state index in [4.69, 9.17) is 5.73 Å². The van der Waals surface area contributed by atoms with Crippen LogP contribution >= 0.6 is 0 Å². The number of rotatable bonds is 2. The summed E-state index contributed by atoms with van der Waals surface area (Å²) in [6, 6.07) is 5.76. The van der Waals surface area contributed by atoms with Crippen molar-refractivity contribution in [2.24, 2.45) is 15.7 Å². The fraction of sp³-hybridized carbons (Fsp3) is 0.125. The molecule has 0 saturated carbocycles. The van der Waals surface area contributed by atoms with Crippen molar-refractivity contribution in [1.29, 1.82) is 0 Å². The van der Waals surface area contributed by atoms with Crippen LogP contribution in [0, 0.1) is 13.8 Å². The predicted molar refractivity (Wildman–Crippen MR) is 97.2 cm³/mol. The van der Waals surface area contributed by atoms with Crippen LogP contribution in [0.25, 0.3) is 10.9 Å². The van der Waals surface area contributed by atoms with Crippen molar-refractivity contribution < 1.29 is 5.11 Å². The smallest absolute Gasteiger partial charge is 0.328 e. The van der Waals surface area contributed by atoms with Crippen LogP contribution in [0.15, 0.2) is 37.8 Å². The molecule has 10 heteroatoms. The largest absolute Gasteiger partial charge is 0.494 e. The number of guanidine groups is 1. The number of aromatic hydroxyl groups is 1. The van der Waals surface area contributed by atoms with E-state index in [1.165, 1.54) is 0 Å². The third-order valence-electron chi connectivity index (χ3n) is 3.53. The number of benzene rings is 1. The van der Waals surface area contributed by atoms with E-state index < -0.39 is 17.1 Å². The van der Waals surface area contributed by atoms with Gasteiger partial charge in [0.2, 0.25) is 11.8 Å². The summed E-state index contributed by atoms with van der Waals surface area (Å²) >= 11 is 0. The number of hydrogen-bond acceptors (Lipinski definition) is 6. The molecule has 2 aromatic heterocycles. The maximum Gasteiger partial charge on any atom is 0.328 e. The van der Waals surface area contributed by atoms with E-state index in [9.17, 15) is 14.7 Å². The first-order chi connectivity index (χ1) is 12.3. The molecule has 0 unspecified atom stereocenters. The average Bonchev–Trinajstić information content (AvgIpc) is 2.54. The highest BCUT2D eigenvalue weighted by Gasteiger charge is 2.07. The molecule has 0 spiro atoms. The molecular formula is C16H15N7O3. The zero-order valence-electron chi connectivity index (χ0n) is 13.9. The number of H-pyrrole nitrogens is 2. The molecule has 0 saturated heterocycles. The Morgan fingerprint density at radius 1 is 1.23 bits per heavy atom. The molecule has 0 fully saturated rings.